The van der Waals surface area contributed by atoms with E-state index in [2.05, 4.69) is 211 Å². The highest BCUT2D eigenvalue weighted by atomic mass is 16.3. The van der Waals surface area contributed by atoms with Gasteiger partial charge in [0.25, 0.3) is 0 Å². The second kappa shape index (κ2) is 13.6. The normalized spacial score (nSPS) is 11.5. The van der Waals surface area contributed by atoms with Crippen molar-refractivity contribution in [1.82, 2.24) is 0 Å². The molecule has 3 heteroatoms. The molecule has 0 aliphatic carbocycles. The molecule has 0 bridgehead atoms. The molecule has 11 aromatic rings. The Morgan fingerprint density at radius 3 is 1.09 bits per heavy atom. The van der Waals surface area contributed by atoms with Crippen LogP contribution < -0.4 is 4.90 Å². The Labute approximate surface area is 330 Å². The predicted molar refractivity (Wildman–Crippen MR) is 237 cm³/mol. The van der Waals surface area contributed by atoms with E-state index in [9.17, 15) is 0 Å². The SMILES string of the molecule is c1ccc(-c2ccc(-c3ccc(N(c4ccc(-c5ccccc5)cc4)c4ccc5c(c4)oc4cc6c(cc45)oc4ccc(-c5ccccc5)cc46)cc3)cc2)cc1. The number of furan rings is 2. The predicted octanol–water partition coefficient (Wildman–Crippen LogP) is 15.6. The van der Waals surface area contributed by atoms with Crippen molar-refractivity contribution in [3.05, 3.63) is 212 Å². The van der Waals surface area contributed by atoms with Gasteiger partial charge >= 0.3 is 0 Å². The van der Waals surface area contributed by atoms with Crippen molar-refractivity contribution >= 4 is 60.9 Å². The molecule has 0 saturated carbocycles. The Morgan fingerprint density at radius 2 is 0.579 bits per heavy atom. The molecule has 11 rings (SSSR count). The van der Waals surface area contributed by atoms with Crippen molar-refractivity contribution < 1.29 is 8.83 Å². The Bertz CT molecular complexity index is 3180. The summed E-state index contributed by atoms with van der Waals surface area (Å²) < 4.78 is 13.1. The van der Waals surface area contributed by atoms with Crippen LogP contribution >= 0.6 is 0 Å². The molecule has 0 atom stereocenters. The first-order chi connectivity index (χ1) is 28.2. The minimum atomic E-state index is 0.825. The molecule has 0 saturated heterocycles. The molecule has 0 amide bonds. The van der Waals surface area contributed by atoms with Crippen molar-refractivity contribution in [3.8, 4) is 44.5 Å². The second-order valence-electron chi connectivity index (χ2n) is 14.5. The zero-order chi connectivity index (χ0) is 37.7. The smallest absolute Gasteiger partial charge is 0.137 e. The van der Waals surface area contributed by atoms with Crippen molar-refractivity contribution in [1.29, 1.82) is 0 Å². The van der Waals surface area contributed by atoms with E-state index in [1.54, 1.807) is 0 Å². The van der Waals surface area contributed by atoms with Gasteiger partial charge in [0, 0.05) is 44.7 Å². The summed E-state index contributed by atoms with van der Waals surface area (Å²) in [6.45, 7) is 0. The molecule has 268 valence electrons. The monoisotopic (exact) mass is 729 g/mol. The maximum atomic E-state index is 6.68. The Hall–Kier alpha value is -7.62. The van der Waals surface area contributed by atoms with Gasteiger partial charge in [-0.3, -0.25) is 0 Å². The van der Waals surface area contributed by atoms with Gasteiger partial charge in [0.2, 0.25) is 0 Å². The largest absolute Gasteiger partial charge is 0.456 e. The quantitative estimate of drug-likeness (QED) is 0.164. The molecule has 57 heavy (non-hydrogen) atoms. The fourth-order valence-electron chi connectivity index (χ4n) is 8.15. The highest BCUT2D eigenvalue weighted by molar-refractivity contribution is 6.15. The van der Waals surface area contributed by atoms with Crippen LogP contribution in [0.15, 0.2) is 221 Å². The summed E-state index contributed by atoms with van der Waals surface area (Å²) in [5.41, 5.74) is 16.0. The van der Waals surface area contributed by atoms with E-state index < -0.39 is 0 Å². The molecule has 0 fully saturated rings. The average Bonchev–Trinajstić information content (AvgIpc) is 3.83. The summed E-state index contributed by atoms with van der Waals surface area (Å²) in [6, 6.07) is 75.1. The molecule has 0 aliphatic heterocycles. The lowest BCUT2D eigenvalue weighted by molar-refractivity contribution is 0.664. The maximum Gasteiger partial charge on any atom is 0.137 e. The van der Waals surface area contributed by atoms with E-state index in [1.807, 2.05) is 6.07 Å². The number of benzene rings is 9. The van der Waals surface area contributed by atoms with Crippen LogP contribution in [0.3, 0.4) is 0 Å². The first-order valence-corrected chi connectivity index (χ1v) is 19.3. The molecule has 2 aromatic heterocycles. The number of fused-ring (bicyclic) bond motifs is 6. The van der Waals surface area contributed by atoms with Gasteiger partial charge in [0.1, 0.15) is 22.3 Å². The summed E-state index contributed by atoms with van der Waals surface area (Å²) in [5, 5.41) is 4.21. The summed E-state index contributed by atoms with van der Waals surface area (Å²) in [5.74, 6) is 0. The summed E-state index contributed by atoms with van der Waals surface area (Å²) >= 11 is 0. The van der Waals surface area contributed by atoms with Gasteiger partial charge in [-0.2, -0.15) is 0 Å². The second-order valence-corrected chi connectivity index (χ2v) is 14.5. The third-order valence-corrected chi connectivity index (χ3v) is 11.1. The van der Waals surface area contributed by atoms with Crippen molar-refractivity contribution in [2.24, 2.45) is 0 Å². The molecule has 0 N–H and O–H groups in total. The van der Waals surface area contributed by atoms with Crippen LogP contribution in [-0.4, -0.2) is 0 Å². The van der Waals surface area contributed by atoms with Crippen LogP contribution in [-0.2, 0) is 0 Å². The molecule has 0 unspecified atom stereocenters. The maximum absolute atomic E-state index is 6.68. The summed E-state index contributed by atoms with van der Waals surface area (Å²) in [6.07, 6.45) is 0. The van der Waals surface area contributed by atoms with Crippen molar-refractivity contribution in [2.45, 2.75) is 0 Å². The van der Waals surface area contributed by atoms with E-state index >= 15 is 0 Å². The van der Waals surface area contributed by atoms with Gasteiger partial charge in [-0.15, -0.1) is 0 Å². The first-order valence-electron chi connectivity index (χ1n) is 19.3. The highest BCUT2D eigenvalue weighted by Crippen LogP contribution is 2.42. The number of rotatable bonds is 7. The zero-order valence-corrected chi connectivity index (χ0v) is 31.0. The van der Waals surface area contributed by atoms with Gasteiger partial charge in [-0.05, 0) is 105 Å². The third kappa shape index (κ3) is 5.94. The molecule has 0 spiro atoms. The van der Waals surface area contributed by atoms with E-state index in [0.717, 1.165) is 66.5 Å². The lowest BCUT2D eigenvalue weighted by atomic mass is 10.00. The molecular formula is C54H35NO2. The summed E-state index contributed by atoms with van der Waals surface area (Å²) in [4.78, 5) is 2.30. The number of nitrogens with zero attached hydrogens (tertiary/aromatic N) is 1. The molecule has 2 heterocycles. The van der Waals surface area contributed by atoms with E-state index in [0.29, 0.717) is 0 Å². The molecule has 0 radical (unpaired) electrons. The number of hydrogen-bond acceptors (Lipinski definition) is 3. The van der Waals surface area contributed by atoms with Gasteiger partial charge in [0.15, 0.2) is 0 Å². The minimum absolute atomic E-state index is 0.825. The third-order valence-electron chi connectivity index (χ3n) is 11.1. The van der Waals surface area contributed by atoms with Gasteiger partial charge in [-0.25, -0.2) is 0 Å². The lowest BCUT2D eigenvalue weighted by Crippen LogP contribution is -2.09. The fourth-order valence-corrected chi connectivity index (χ4v) is 8.15. The standard InChI is InChI=1S/C54H35NO2/c1-4-10-36(11-5-1)39-16-18-40(19-17-39)42-22-27-45(28-23-42)55(44-25-20-41(21-26-44)37-12-6-2-7-13-37)46-29-30-47-49-34-54-50(35-53(49)57-52(47)33-46)48-32-43(24-31-51(48)56-54)38-14-8-3-9-15-38/h1-35H. The van der Waals surface area contributed by atoms with Crippen LogP contribution in [0, 0.1) is 0 Å². The van der Waals surface area contributed by atoms with Gasteiger partial charge < -0.3 is 13.7 Å². The fraction of sp³-hybridized carbons (Fsp3) is 0. The Morgan fingerprint density at radius 1 is 0.228 bits per heavy atom. The van der Waals surface area contributed by atoms with Gasteiger partial charge in [-0.1, -0.05) is 146 Å². The topological polar surface area (TPSA) is 29.5 Å². The molecular weight excluding hydrogens is 695 g/mol. The van der Waals surface area contributed by atoms with Crippen LogP contribution in [0.4, 0.5) is 17.1 Å². The zero-order valence-electron chi connectivity index (χ0n) is 31.0. The van der Waals surface area contributed by atoms with Gasteiger partial charge in [0.05, 0.1) is 0 Å². The van der Waals surface area contributed by atoms with Crippen LogP contribution in [0.5, 0.6) is 0 Å². The van der Waals surface area contributed by atoms with E-state index in [4.69, 9.17) is 8.83 Å². The molecule has 3 nitrogen and oxygen atoms in total. The first kappa shape index (κ1) is 32.8. The lowest BCUT2D eigenvalue weighted by Gasteiger charge is -2.26. The Balaban J connectivity index is 0.986. The summed E-state index contributed by atoms with van der Waals surface area (Å²) in [7, 11) is 0. The number of anilines is 3. The molecule has 0 aliphatic rings. The van der Waals surface area contributed by atoms with Crippen LogP contribution in [0.2, 0.25) is 0 Å². The van der Waals surface area contributed by atoms with Crippen LogP contribution in [0.1, 0.15) is 0 Å². The van der Waals surface area contributed by atoms with Crippen molar-refractivity contribution in [2.75, 3.05) is 4.90 Å². The van der Waals surface area contributed by atoms with E-state index in [1.165, 1.54) is 38.9 Å². The van der Waals surface area contributed by atoms with E-state index in [-0.39, 0.29) is 0 Å². The molecule has 9 aromatic carbocycles. The van der Waals surface area contributed by atoms with Crippen LogP contribution in [0.25, 0.3) is 88.4 Å². The Kier molecular flexibility index (Phi) is 7.82. The van der Waals surface area contributed by atoms with Crippen molar-refractivity contribution in [3.63, 3.8) is 0 Å². The number of hydrogen-bond donors (Lipinski definition) is 0. The highest BCUT2D eigenvalue weighted by Gasteiger charge is 2.18. The minimum Gasteiger partial charge on any atom is -0.456 e. The average molecular weight is 730 g/mol.